The summed E-state index contributed by atoms with van der Waals surface area (Å²) in [6, 6.07) is 7.78. The molecule has 0 amide bonds. The Morgan fingerprint density at radius 3 is 2.38 bits per heavy atom. The Kier molecular flexibility index (Phi) is 5.28. The number of benzene rings is 1. The Morgan fingerprint density at radius 2 is 1.81 bits per heavy atom. The van der Waals surface area contributed by atoms with Gasteiger partial charge in [-0.2, -0.15) is 0 Å². The number of nitrogens with zero attached hydrogens (tertiary/aromatic N) is 3. The minimum atomic E-state index is -3.49. The van der Waals surface area contributed by atoms with Crippen molar-refractivity contribution in [2.75, 3.05) is 50.1 Å². The zero-order valence-electron chi connectivity index (χ0n) is 14.6. The number of piperazine rings is 1. The van der Waals surface area contributed by atoms with Gasteiger partial charge in [0.05, 0.1) is 12.8 Å². The van der Waals surface area contributed by atoms with Crippen molar-refractivity contribution in [1.82, 2.24) is 9.71 Å². The molecule has 0 bridgehead atoms. The summed E-state index contributed by atoms with van der Waals surface area (Å²) in [6.07, 6.45) is 1.36. The highest BCUT2D eigenvalue weighted by Crippen LogP contribution is 2.30. The third-order valence-corrected chi connectivity index (χ3v) is 5.79. The predicted octanol–water partition coefficient (Wildman–Crippen LogP) is 1.46. The molecule has 1 N–H and O–H groups in total. The summed E-state index contributed by atoms with van der Waals surface area (Å²) in [7, 11) is -0.591. The van der Waals surface area contributed by atoms with Gasteiger partial charge in [-0.05, 0) is 31.3 Å². The predicted molar refractivity (Wildman–Crippen MR) is 97.9 cm³/mol. The smallest absolute Gasteiger partial charge is 0.241 e. The van der Waals surface area contributed by atoms with Gasteiger partial charge in [0.15, 0.2) is 0 Å². The van der Waals surface area contributed by atoms with Crippen LogP contribution in [0.3, 0.4) is 0 Å². The van der Waals surface area contributed by atoms with Crippen molar-refractivity contribution in [2.45, 2.75) is 4.90 Å². The summed E-state index contributed by atoms with van der Waals surface area (Å²) >= 11 is 0. The van der Waals surface area contributed by atoms with E-state index in [-0.39, 0.29) is 10.7 Å². The lowest BCUT2D eigenvalue weighted by Crippen LogP contribution is -2.47. The first kappa shape index (κ1) is 18.4. The Balaban J connectivity index is 1.69. The highest BCUT2D eigenvalue weighted by atomic mass is 32.2. The zero-order valence-corrected chi connectivity index (χ0v) is 15.5. The molecule has 0 saturated carbocycles. The van der Waals surface area contributed by atoms with Gasteiger partial charge in [0.1, 0.15) is 22.3 Å². The maximum atomic E-state index is 13.4. The number of methoxy groups -OCH3 is 1. The lowest BCUT2D eigenvalue weighted by atomic mass is 10.2. The van der Waals surface area contributed by atoms with Crippen molar-refractivity contribution < 1.29 is 17.5 Å². The van der Waals surface area contributed by atoms with E-state index in [4.69, 9.17) is 4.74 Å². The van der Waals surface area contributed by atoms with Gasteiger partial charge in [0.2, 0.25) is 10.0 Å². The van der Waals surface area contributed by atoms with Gasteiger partial charge >= 0.3 is 0 Å². The molecule has 1 aliphatic heterocycles. The Hall–Kier alpha value is -2.39. The molecule has 0 atom stereocenters. The average molecular weight is 380 g/mol. The molecule has 140 valence electrons. The number of halogens is 1. The number of ether oxygens (including phenoxy) is 1. The van der Waals surface area contributed by atoms with Crippen molar-refractivity contribution in [3.05, 3.63) is 42.3 Å². The quantitative estimate of drug-likeness (QED) is 0.847. The molecule has 0 aliphatic carbocycles. The Morgan fingerprint density at radius 1 is 1.12 bits per heavy atom. The van der Waals surface area contributed by atoms with E-state index in [1.807, 2.05) is 0 Å². The number of aromatic nitrogens is 1. The molecule has 1 saturated heterocycles. The van der Waals surface area contributed by atoms with Crippen LogP contribution in [0, 0.1) is 5.82 Å². The fraction of sp³-hybridized carbons (Fsp3) is 0.353. The number of rotatable bonds is 5. The number of anilines is 2. The molecule has 1 fully saturated rings. The molecule has 0 unspecified atom stereocenters. The fourth-order valence-electron chi connectivity index (χ4n) is 2.93. The first-order valence-corrected chi connectivity index (χ1v) is 9.66. The largest absolute Gasteiger partial charge is 0.494 e. The maximum absolute atomic E-state index is 13.4. The summed E-state index contributed by atoms with van der Waals surface area (Å²) < 4.78 is 44.4. The van der Waals surface area contributed by atoms with Gasteiger partial charge in [-0.25, -0.2) is 22.5 Å². The minimum Gasteiger partial charge on any atom is -0.494 e. The third-order valence-electron chi connectivity index (χ3n) is 4.39. The van der Waals surface area contributed by atoms with Crippen LogP contribution in [0.2, 0.25) is 0 Å². The molecular formula is C17H21FN4O3S. The van der Waals surface area contributed by atoms with Crippen molar-refractivity contribution in [3.63, 3.8) is 0 Å². The molecule has 0 spiro atoms. The highest BCUT2D eigenvalue weighted by Gasteiger charge is 2.21. The Bertz CT molecular complexity index is 866. The summed E-state index contributed by atoms with van der Waals surface area (Å²) in [5.74, 6) is 0.911. The Labute approximate surface area is 152 Å². The second kappa shape index (κ2) is 7.46. The van der Waals surface area contributed by atoms with E-state index in [0.717, 1.165) is 24.6 Å². The maximum Gasteiger partial charge on any atom is 0.241 e. The van der Waals surface area contributed by atoms with Crippen LogP contribution in [-0.2, 0) is 10.0 Å². The van der Waals surface area contributed by atoms with E-state index in [2.05, 4.69) is 19.5 Å². The van der Waals surface area contributed by atoms with Gasteiger partial charge in [0.25, 0.3) is 0 Å². The lowest BCUT2D eigenvalue weighted by Gasteiger charge is -2.37. The van der Waals surface area contributed by atoms with Crippen LogP contribution in [0.15, 0.2) is 41.4 Å². The highest BCUT2D eigenvalue weighted by molar-refractivity contribution is 7.89. The molecule has 9 heteroatoms. The average Bonchev–Trinajstić information content (AvgIpc) is 2.68. The van der Waals surface area contributed by atoms with Gasteiger partial charge in [0, 0.05) is 38.4 Å². The van der Waals surface area contributed by atoms with Crippen molar-refractivity contribution >= 4 is 21.5 Å². The van der Waals surface area contributed by atoms with Gasteiger partial charge in [-0.15, -0.1) is 0 Å². The minimum absolute atomic E-state index is 0.137. The van der Waals surface area contributed by atoms with Crippen LogP contribution in [0.4, 0.5) is 15.9 Å². The van der Waals surface area contributed by atoms with E-state index in [0.29, 0.717) is 18.8 Å². The van der Waals surface area contributed by atoms with Gasteiger partial charge < -0.3 is 14.5 Å². The van der Waals surface area contributed by atoms with Crippen LogP contribution < -0.4 is 19.3 Å². The molecule has 0 radical (unpaired) electrons. The SMILES string of the molecule is CNS(=O)(=O)c1ccc(N2CCN(c3ccc(F)cc3OC)CC2)nc1. The standard InChI is InChI=1S/C17H21FN4O3S/c1-19-26(23,24)14-4-6-17(20-12-14)22-9-7-21(8-10-22)15-5-3-13(18)11-16(15)25-2/h3-6,11-12,19H,7-10H2,1-2H3. The molecule has 2 heterocycles. The lowest BCUT2D eigenvalue weighted by molar-refractivity contribution is 0.410. The molecule has 1 aromatic carbocycles. The summed E-state index contributed by atoms with van der Waals surface area (Å²) in [5, 5.41) is 0. The van der Waals surface area contributed by atoms with Crippen LogP contribution in [0.25, 0.3) is 0 Å². The van der Waals surface area contributed by atoms with E-state index < -0.39 is 10.0 Å². The molecule has 2 aromatic rings. The van der Waals surface area contributed by atoms with Gasteiger partial charge in [-0.1, -0.05) is 0 Å². The molecule has 1 aromatic heterocycles. The number of sulfonamides is 1. The number of pyridine rings is 1. The number of hydrogen-bond acceptors (Lipinski definition) is 6. The van der Waals surface area contributed by atoms with E-state index in [1.54, 1.807) is 18.2 Å². The zero-order chi connectivity index (χ0) is 18.7. The second-order valence-electron chi connectivity index (χ2n) is 5.85. The third kappa shape index (κ3) is 3.73. The van der Waals surface area contributed by atoms with Crippen LogP contribution >= 0.6 is 0 Å². The number of nitrogens with one attached hydrogen (secondary N) is 1. The first-order valence-electron chi connectivity index (χ1n) is 8.17. The van der Waals surface area contributed by atoms with Gasteiger partial charge in [-0.3, -0.25) is 0 Å². The normalized spacial score (nSPS) is 15.2. The molecule has 3 rings (SSSR count). The van der Waals surface area contributed by atoms with Crippen LogP contribution in [0.5, 0.6) is 5.75 Å². The molecule has 1 aliphatic rings. The van der Waals surface area contributed by atoms with Crippen LogP contribution in [-0.4, -0.2) is 53.7 Å². The molecule has 26 heavy (non-hydrogen) atoms. The second-order valence-corrected chi connectivity index (χ2v) is 7.74. The van der Waals surface area contributed by atoms with Crippen molar-refractivity contribution in [1.29, 1.82) is 0 Å². The summed E-state index contributed by atoms with van der Waals surface area (Å²) in [4.78, 5) is 8.63. The van der Waals surface area contributed by atoms with Crippen LogP contribution in [0.1, 0.15) is 0 Å². The van der Waals surface area contributed by atoms with E-state index in [1.165, 1.54) is 32.5 Å². The fourth-order valence-corrected chi connectivity index (χ4v) is 3.60. The first-order chi connectivity index (χ1) is 12.4. The van der Waals surface area contributed by atoms with Crippen molar-refractivity contribution in [3.8, 4) is 5.75 Å². The molecular weight excluding hydrogens is 359 g/mol. The summed E-state index contributed by atoms with van der Waals surface area (Å²) in [6.45, 7) is 2.87. The molecule has 7 nitrogen and oxygen atoms in total. The van der Waals surface area contributed by atoms with E-state index in [9.17, 15) is 12.8 Å². The van der Waals surface area contributed by atoms with Crippen molar-refractivity contribution in [2.24, 2.45) is 0 Å². The van der Waals surface area contributed by atoms with E-state index >= 15 is 0 Å². The topological polar surface area (TPSA) is 74.8 Å². The monoisotopic (exact) mass is 380 g/mol. The number of hydrogen-bond donors (Lipinski definition) is 1. The summed E-state index contributed by atoms with van der Waals surface area (Å²) in [5.41, 5.74) is 0.858.